The fourth-order valence-electron chi connectivity index (χ4n) is 0.692. The lowest BCUT2D eigenvalue weighted by Crippen LogP contribution is -2.36. The van der Waals surface area contributed by atoms with E-state index in [1.807, 2.05) is 0 Å². The van der Waals surface area contributed by atoms with Gasteiger partial charge < -0.3 is 5.32 Å². The minimum Gasteiger partial charge on any atom is -0.347 e. The molecular weight excluding hydrogens is 130 g/mol. The summed E-state index contributed by atoms with van der Waals surface area (Å²) in [5.74, 6) is -0.0931. The van der Waals surface area contributed by atoms with Crippen LogP contribution in [0.15, 0.2) is 0 Å². The van der Waals surface area contributed by atoms with E-state index in [9.17, 15) is 9.59 Å². The molecule has 0 aliphatic carbocycles. The molecule has 0 bridgehead atoms. The third kappa shape index (κ3) is 3.22. The number of hydrogen-bond donors (Lipinski definition) is 1. The molecule has 0 spiro atoms. The van der Waals surface area contributed by atoms with Gasteiger partial charge in [-0.25, -0.2) is 0 Å². The van der Waals surface area contributed by atoms with Gasteiger partial charge in [0.25, 0.3) is 0 Å². The van der Waals surface area contributed by atoms with E-state index >= 15 is 0 Å². The molecule has 0 saturated heterocycles. The standard InChI is InChI=1S/C7H13NO2.H2/c1-4-7(10)5(2)8-6(3)9;/h5H,4H2,1-3H3,(H,8,9);1H/t5-;/m1./s1. The summed E-state index contributed by atoms with van der Waals surface area (Å²) in [6.07, 6.45) is 0.474. The molecule has 1 amide bonds. The molecule has 0 heterocycles. The highest BCUT2D eigenvalue weighted by Gasteiger charge is 2.09. The van der Waals surface area contributed by atoms with Gasteiger partial charge in [0.15, 0.2) is 5.78 Å². The molecule has 3 nitrogen and oxygen atoms in total. The van der Waals surface area contributed by atoms with Crippen LogP contribution in [0, 0.1) is 0 Å². The summed E-state index contributed by atoms with van der Waals surface area (Å²) >= 11 is 0. The van der Waals surface area contributed by atoms with E-state index in [2.05, 4.69) is 5.32 Å². The van der Waals surface area contributed by atoms with Crippen molar-refractivity contribution in [1.29, 1.82) is 0 Å². The molecule has 1 N–H and O–H groups in total. The van der Waals surface area contributed by atoms with Crippen molar-refractivity contribution in [3.63, 3.8) is 0 Å². The normalized spacial score (nSPS) is 12.3. The maximum absolute atomic E-state index is 10.8. The largest absolute Gasteiger partial charge is 0.347 e. The van der Waals surface area contributed by atoms with E-state index in [4.69, 9.17) is 0 Å². The Morgan fingerprint density at radius 3 is 2.40 bits per heavy atom. The molecule has 0 aromatic carbocycles. The van der Waals surface area contributed by atoms with Gasteiger partial charge in [-0.05, 0) is 6.92 Å². The Morgan fingerprint density at radius 1 is 1.60 bits per heavy atom. The number of nitrogens with one attached hydrogen (secondary N) is 1. The van der Waals surface area contributed by atoms with Crippen LogP contribution in [0.25, 0.3) is 0 Å². The van der Waals surface area contributed by atoms with Gasteiger partial charge in [-0.1, -0.05) is 6.92 Å². The molecule has 0 aliphatic heterocycles. The summed E-state index contributed by atoms with van der Waals surface area (Å²) in [4.78, 5) is 21.2. The fraction of sp³-hybridized carbons (Fsp3) is 0.714. The Kier molecular flexibility index (Phi) is 3.69. The molecule has 3 heteroatoms. The third-order valence-electron chi connectivity index (χ3n) is 1.25. The highest BCUT2D eigenvalue weighted by Crippen LogP contribution is 1.88. The number of Topliss-reactive ketones (excluding diaryl/α,β-unsaturated/α-hetero) is 1. The minimum absolute atomic E-state index is 0. The Morgan fingerprint density at radius 2 is 2.10 bits per heavy atom. The zero-order chi connectivity index (χ0) is 8.15. The van der Waals surface area contributed by atoms with Gasteiger partial charge in [0.2, 0.25) is 5.91 Å². The van der Waals surface area contributed by atoms with E-state index in [0.29, 0.717) is 6.42 Å². The first-order valence-corrected chi connectivity index (χ1v) is 3.37. The number of amides is 1. The van der Waals surface area contributed by atoms with Crippen LogP contribution in [0.1, 0.15) is 28.6 Å². The van der Waals surface area contributed by atoms with E-state index in [-0.39, 0.29) is 19.2 Å². The van der Waals surface area contributed by atoms with Crippen molar-refractivity contribution in [2.24, 2.45) is 0 Å². The number of rotatable bonds is 3. The van der Waals surface area contributed by atoms with Crippen LogP contribution in [0.5, 0.6) is 0 Å². The van der Waals surface area contributed by atoms with Gasteiger partial charge in [0.1, 0.15) is 0 Å². The van der Waals surface area contributed by atoms with Gasteiger partial charge in [0.05, 0.1) is 6.04 Å². The van der Waals surface area contributed by atoms with Gasteiger partial charge >= 0.3 is 0 Å². The second-order valence-electron chi connectivity index (χ2n) is 2.24. The predicted molar refractivity (Wildman–Crippen MR) is 40.7 cm³/mol. The van der Waals surface area contributed by atoms with Crippen LogP contribution in [-0.4, -0.2) is 17.7 Å². The summed E-state index contributed by atoms with van der Waals surface area (Å²) in [5.41, 5.74) is 0. The van der Waals surface area contributed by atoms with E-state index in [1.165, 1.54) is 6.92 Å². The van der Waals surface area contributed by atoms with Gasteiger partial charge in [-0.2, -0.15) is 0 Å². The van der Waals surface area contributed by atoms with E-state index in [0.717, 1.165) is 0 Å². The topological polar surface area (TPSA) is 46.2 Å². The molecule has 60 valence electrons. The molecule has 0 radical (unpaired) electrons. The first-order valence-electron chi connectivity index (χ1n) is 3.37. The molecular formula is C7H15NO2. The lowest BCUT2D eigenvalue weighted by molar-refractivity contribution is -0.126. The van der Waals surface area contributed by atoms with Crippen molar-refractivity contribution in [3.8, 4) is 0 Å². The molecule has 0 aromatic rings. The smallest absolute Gasteiger partial charge is 0.217 e. The zero-order valence-electron chi connectivity index (χ0n) is 6.60. The van der Waals surface area contributed by atoms with Crippen LogP contribution in [0.2, 0.25) is 0 Å². The summed E-state index contributed by atoms with van der Waals surface area (Å²) in [7, 11) is 0. The number of hydrogen-bond acceptors (Lipinski definition) is 2. The number of ketones is 1. The van der Waals surface area contributed by atoms with Crippen LogP contribution >= 0.6 is 0 Å². The lowest BCUT2D eigenvalue weighted by Gasteiger charge is -2.08. The number of carbonyl (C=O) groups is 2. The Balaban J connectivity index is 0. The third-order valence-corrected chi connectivity index (χ3v) is 1.25. The highest BCUT2D eigenvalue weighted by molar-refractivity contribution is 5.87. The van der Waals surface area contributed by atoms with Crippen molar-refractivity contribution < 1.29 is 11.0 Å². The second-order valence-corrected chi connectivity index (χ2v) is 2.24. The Bertz CT molecular complexity index is 147. The van der Waals surface area contributed by atoms with Crippen molar-refractivity contribution in [1.82, 2.24) is 5.32 Å². The number of carbonyl (C=O) groups excluding carboxylic acids is 2. The molecule has 0 rings (SSSR count). The maximum Gasteiger partial charge on any atom is 0.217 e. The van der Waals surface area contributed by atoms with Crippen molar-refractivity contribution in [3.05, 3.63) is 0 Å². The van der Waals surface area contributed by atoms with Crippen LogP contribution < -0.4 is 5.32 Å². The van der Waals surface area contributed by atoms with Crippen LogP contribution in [0.3, 0.4) is 0 Å². The molecule has 0 fully saturated rings. The van der Waals surface area contributed by atoms with E-state index < -0.39 is 0 Å². The average Bonchev–Trinajstić information content (AvgIpc) is 1.85. The van der Waals surface area contributed by atoms with Crippen molar-refractivity contribution in [2.45, 2.75) is 33.2 Å². The lowest BCUT2D eigenvalue weighted by atomic mass is 10.2. The van der Waals surface area contributed by atoms with Crippen molar-refractivity contribution in [2.75, 3.05) is 0 Å². The fourth-order valence-corrected chi connectivity index (χ4v) is 0.692. The van der Waals surface area contributed by atoms with Gasteiger partial charge in [-0.15, -0.1) is 0 Å². The molecule has 0 saturated carbocycles. The summed E-state index contributed by atoms with van der Waals surface area (Å²) in [6, 6.07) is -0.331. The summed E-state index contributed by atoms with van der Waals surface area (Å²) in [6.45, 7) is 4.87. The summed E-state index contributed by atoms with van der Waals surface area (Å²) < 4.78 is 0. The van der Waals surface area contributed by atoms with Gasteiger partial charge in [0, 0.05) is 14.8 Å². The molecule has 1 atom stereocenters. The van der Waals surface area contributed by atoms with Crippen LogP contribution in [-0.2, 0) is 9.59 Å². The first kappa shape index (κ1) is 9.14. The Labute approximate surface area is 62.3 Å². The van der Waals surface area contributed by atoms with Crippen LogP contribution in [0.4, 0.5) is 0 Å². The summed E-state index contributed by atoms with van der Waals surface area (Å²) in [5, 5.41) is 2.50. The quantitative estimate of drug-likeness (QED) is 0.636. The predicted octanol–water partition coefficient (Wildman–Crippen LogP) is 0.736. The van der Waals surface area contributed by atoms with Crippen molar-refractivity contribution >= 4 is 11.7 Å². The molecule has 0 aliphatic rings. The zero-order valence-corrected chi connectivity index (χ0v) is 6.60. The highest BCUT2D eigenvalue weighted by atomic mass is 16.2. The minimum atomic E-state index is -0.331. The maximum atomic E-state index is 10.8. The average molecular weight is 145 g/mol. The molecule has 0 aromatic heterocycles. The molecule has 10 heavy (non-hydrogen) atoms. The Hall–Kier alpha value is -0.860. The monoisotopic (exact) mass is 145 g/mol. The SMILES string of the molecule is CCC(=O)[C@@H](C)NC(C)=O.[HH]. The van der Waals surface area contributed by atoms with E-state index in [1.54, 1.807) is 13.8 Å². The second kappa shape index (κ2) is 4.04. The first-order chi connectivity index (χ1) is 4.57. The molecule has 0 unspecified atom stereocenters. The van der Waals surface area contributed by atoms with Gasteiger partial charge in [-0.3, -0.25) is 9.59 Å².